The van der Waals surface area contributed by atoms with E-state index in [4.69, 9.17) is 0 Å². The van der Waals surface area contributed by atoms with Crippen LogP contribution < -0.4 is 5.32 Å². The maximum atomic E-state index is 4.57. The topological polar surface area (TPSA) is 12.0 Å². The Morgan fingerprint density at radius 2 is 2.43 bits per heavy atom. The third kappa shape index (κ3) is 6.48. The minimum Gasteiger partial charge on any atom is -0.312 e. The molecule has 0 saturated heterocycles. The van der Waals surface area contributed by atoms with Gasteiger partial charge in [-0.2, -0.15) is 0 Å². The van der Waals surface area contributed by atoms with Crippen molar-refractivity contribution < 1.29 is 0 Å². The van der Waals surface area contributed by atoms with Gasteiger partial charge in [-0.25, -0.2) is 0 Å². The van der Waals surface area contributed by atoms with E-state index in [1.54, 1.807) is 5.37 Å². The van der Waals surface area contributed by atoms with Crippen molar-refractivity contribution in [3.63, 3.8) is 0 Å². The molecule has 1 nitrogen and oxygen atoms in total. The Morgan fingerprint density at radius 3 is 2.86 bits per heavy atom. The van der Waals surface area contributed by atoms with Crippen LogP contribution in [0.4, 0.5) is 0 Å². The smallest absolute Gasteiger partial charge is 0.0238 e. The van der Waals surface area contributed by atoms with Gasteiger partial charge in [-0.3, -0.25) is 0 Å². The Kier molecular flexibility index (Phi) is 6.92. The molecule has 0 spiro atoms. The van der Waals surface area contributed by atoms with E-state index in [2.05, 4.69) is 26.8 Å². The summed E-state index contributed by atoms with van der Waals surface area (Å²) < 4.78 is 0. The average molecular weight is 135 g/mol. The van der Waals surface area contributed by atoms with E-state index >= 15 is 0 Å². The minimum absolute atomic E-state index is 0.851. The van der Waals surface area contributed by atoms with Crippen molar-refractivity contribution in [2.75, 3.05) is 19.3 Å². The first-order chi connectivity index (χ1) is 3.41. The van der Waals surface area contributed by atoms with Crippen LogP contribution in [-0.2, 0) is 0 Å². The van der Waals surface area contributed by atoms with E-state index < -0.39 is 0 Å². The number of hydrogen-bond donors (Lipinski definition) is 1. The lowest BCUT2D eigenvalue weighted by Gasteiger charge is -1.92. The van der Waals surface area contributed by atoms with Crippen LogP contribution in [0.25, 0.3) is 0 Å². The summed E-state index contributed by atoms with van der Waals surface area (Å²) in [6, 6.07) is 0. The molecule has 0 aromatic rings. The predicted molar refractivity (Wildman–Crippen MR) is 41.1 cm³/mol. The van der Waals surface area contributed by atoms with Crippen molar-refractivity contribution >= 4 is 26.8 Å². The lowest BCUT2D eigenvalue weighted by Crippen LogP contribution is -2.17. The second kappa shape index (κ2) is 6.48. The van der Waals surface area contributed by atoms with Crippen molar-refractivity contribution in [2.24, 2.45) is 0 Å². The fourth-order valence-corrected chi connectivity index (χ4v) is 0.585. The first-order valence-corrected chi connectivity index (χ1v) is 3.55. The van der Waals surface area contributed by atoms with E-state index in [1.807, 2.05) is 0 Å². The van der Waals surface area contributed by atoms with Crippen molar-refractivity contribution in [2.45, 2.75) is 0 Å². The zero-order valence-electron chi connectivity index (χ0n) is 4.18. The van der Waals surface area contributed by atoms with Gasteiger partial charge in [-0.1, -0.05) is 12.2 Å². The summed E-state index contributed by atoms with van der Waals surface area (Å²) in [5, 5.41) is 4.80. The number of rotatable bonds is 4. The maximum absolute atomic E-state index is 4.57. The zero-order chi connectivity index (χ0) is 5.54. The molecule has 0 amide bonds. The number of hydrogen-bond acceptors (Lipinski definition) is 2. The standard InChI is InChI=1S/C4H10NPS/c6-3-1-5-2-4-7/h4-5H,1-3,6H2. The van der Waals surface area contributed by atoms with Crippen LogP contribution in [0.5, 0.6) is 0 Å². The molecule has 0 bridgehead atoms. The van der Waals surface area contributed by atoms with Gasteiger partial charge in [0.25, 0.3) is 0 Å². The van der Waals surface area contributed by atoms with Crippen molar-refractivity contribution in [1.82, 2.24) is 5.32 Å². The molecule has 3 heteroatoms. The molecule has 1 atom stereocenters. The lowest BCUT2D eigenvalue weighted by atomic mass is 10.7. The van der Waals surface area contributed by atoms with E-state index in [0.717, 1.165) is 19.3 Å². The molecule has 0 aliphatic heterocycles. The Morgan fingerprint density at radius 1 is 1.71 bits per heavy atom. The molecule has 0 fully saturated rings. The molecule has 0 aromatic carbocycles. The van der Waals surface area contributed by atoms with Crippen molar-refractivity contribution in [3.8, 4) is 0 Å². The summed E-state index contributed by atoms with van der Waals surface area (Å²) in [7, 11) is 2.64. The molecule has 0 aliphatic rings. The van der Waals surface area contributed by atoms with Gasteiger partial charge in [0.15, 0.2) is 0 Å². The minimum atomic E-state index is 0.851. The average Bonchev–Trinajstić information content (AvgIpc) is 1.69. The normalized spacial score (nSPS) is 8.71. The summed E-state index contributed by atoms with van der Waals surface area (Å²) in [5.74, 6) is 0. The lowest BCUT2D eigenvalue weighted by molar-refractivity contribution is 0.835. The Bertz CT molecular complexity index is 49.0. The first kappa shape index (κ1) is 7.48. The predicted octanol–water partition coefficient (Wildman–Crippen LogP) is 0.451. The highest BCUT2D eigenvalue weighted by Gasteiger charge is 1.74. The van der Waals surface area contributed by atoms with E-state index in [0.29, 0.717) is 0 Å². The molecule has 1 unspecified atom stereocenters. The highest BCUT2D eigenvalue weighted by molar-refractivity contribution is 7.79. The fraction of sp³-hybridized carbons (Fsp3) is 0.750. The van der Waals surface area contributed by atoms with E-state index in [-0.39, 0.29) is 0 Å². The third-order valence-corrected chi connectivity index (χ3v) is 1.00. The SMILES string of the molecule is PCCNCC=S. The molecule has 0 saturated carbocycles. The van der Waals surface area contributed by atoms with E-state index in [1.165, 1.54) is 0 Å². The number of thiocarbonyl (C=S) groups is 1. The monoisotopic (exact) mass is 135 g/mol. The summed E-state index contributed by atoms with van der Waals surface area (Å²) in [5.41, 5.74) is 0. The van der Waals surface area contributed by atoms with Crippen LogP contribution in [0.3, 0.4) is 0 Å². The molecule has 0 heterocycles. The molecule has 0 radical (unpaired) electrons. The van der Waals surface area contributed by atoms with Gasteiger partial charge in [0.05, 0.1) is 0 Å². The van der Waals surface area contributed by atoms with Crippen LogP contribution >= 0.6 is 21.5 Å². The van der Waals surface area contributed by atoms with Crippen LogP contribution in [0.15, 0.2) is 0 Å². The third-order valence-electron chi connectivity index (χ3n) is 0.549. The van der Waals surface area contributed by atoms with Crippen LogP contribution in [0.1, 0.15) is 0 Å². The molecular formula is C4H10NPS. The molecule has 0 rings (SSSR count). The summed E-state index contributed by atoms with van der Waals surface area (Å²) >= 11 is 4.57. The molecular weight excluding hydrogens is 125 g/mol. The zero-order valence-corrected chi connectivity index (χ0v) is 6.16. The van der Waals surface area contributed by atoms with Crippen molar-refractivity contribution in [3.05, 3.63) is 0 Å². The molecule has 7 heavy (non-hydrogen) atoms. The van der Waals surface area contributed by atoms with Gasteiger partial charge in [0.1, 0.15) is 0 Å². The van der Waals surface area contributed by atoms with Crippen LogP contribution in [0.2, 0.25) is 0 Å². The van der Waals surface area contributed by atoms with Gasteiger partial charge in [0.2, 0.25) is 0 Å². The summed E-state index contributed by atoms with van der Waals surface area (Å²) in [6.45, 7) is 1.89. The summed E-state index contributed by atoms with van der Waals surface area (Å²) in [4.78, 5) is 0. The first-order valence-electron chi connectivity index (χ1n) is 2.26. The molecule has 1 N–H and O–H groups in total. The van der Waals surface area contributed by atoms with Gasteiger partial charge >= 0.3 is 0 Å². The second-order valence-electron chi connectivity index (χ2n) is 1.16. The largest absolute Gasteiger partial charge is 0.312 e. The van der Waals surface area contributed by atoms with E-state index in [9.17, 15) is 0 Å². The Balaban J connectivity index is 2.56. The molecule has 0 aromatic heterocycles. The van der Waals surface area contributed by atoms with Crippen molar-refractivity contribution in [1.29, 1.82) is 0 Å². The quantitative estimate of drug-likeness (QED) is 0.341. The fourth-order valence-electron chi connectivity index (χ4n) is 0.263. The van der Waals surface area contributed by atoms with Gasteiger partial charge in [-0.15, -0.1) is 9.24 Å². The molecule has 0 aliphatic carbocycles. The van der Waals surface area contributed by atoms with Crippen LogP contribution in [-0.4, -0.2) is 24.6 Å². The summed E-state index contributed by atoms with van der Waals surface area (Å²) in [6.07, 6.45) is 1.10. The molecule has 42 valence electrons. The van der Waals surface area contributed by atoms with Gasteiger partial charge in [0, 0.05) is 6.54 Å². The highest BCUT2D eigenvalue weighted by Crippen LogP contribution is 1.72. The van der Waals surface area contributed by atoms with Crippen LogP contribution in [0, 0.1) is 0 Å². The Hall–Kier alpha value is 0.480. The maximum Gasteiger partial charge on any atom is 0.0238 e. The van der Waals surface area contributed by atoms with Gasteiger partial charge < -0.3 is 5.32 Å². The second-order valence-corrected chi connectivity index (χ2v) is 2.07. The van der Waals surface area contributed by atoms with Gasteiger partial charge in [-0.05, 0) is 18.1 Å². The number of nitrogens with one attached hydrogen (secondary N) is 1. The Labute approximate surface area is 52.1 Å². The highest BCUT2D eigenvalue weighted by atomic mass is 32.1.